The molecule has 20 heavy (non-hydrogen) atoms. The Balaban J connectivity index is 2.09. The van der Waals surface area contributed by atoms with Gasteiger partial charge < -0.3 is 0 Å². The van der Waals surface area contributed by atoms with Crippen molar-refractivity contribution in [2.75, 3.05) is 0 Å². The maximum absolute atomic E-state index is 13.5. The molecular formula is C14H9BrClFN2O. The molecule has 0 radical (unpaired) electrons. The molecule has 0 aliphatic rings. The fraction of sp³-hybridized carbons (Fsp3) is 0. The minimum atomic E-state index is -0.502. The molecule has 6 heteroatoms. The average Bonchev–Trinajstić information content (AvgIpc) is 2.42. The van der Waals surface area contributed by atoms with Crippen molar-refractivity contribution in [3.05, 3.63) is 68.9 Å². The third-order valence-corrected chi connectivity index (χ3v) is 3.27. The lowest BCUT2D eigenvalue weighted by Gasteiger charge is -2.01. The van der Waals surface area contributed by atoms with Crippen molar-refractivity contribution in [3.8, 4) is 0 Å². The number of halogens is 3. The smallest absolute Gasteiger partial charge is 0.267 e. The number of amides is 1. The SMILES string of the molecule is O=C(N/N=C/c1c(F)cccc1Cl)c1cccc(Br)c1. The van der Waals surface area contributed by atoms with Gasteiger partial charge in [-0.2, -0.15) is 5.10 Å². The van der Waals surface area contributed by atoms with E-state index in [9.17, 15) is 9.18 Å². The molecule has 0 bridgehead atoms. The van der Waals surface area contributed by atoms with Crippen LogP contribution in [0.3, 0.4) is 0 Å². The third kappa shape index (κ3) is 3.65. The Bertz CT molecular complexity index is 656. The fourth-order valence-corrected chi connectivity index (χ4v) is 2.09. The van der Waals surface area contributed by atoms with Crippen molar-refractivity contribution in [2.45, 2.75) is 0 Å². The molecule has 2 rings (SSSR count). The lowest BCUT2D eigenvalue weighted by Crippen LogP contribution is -2.17. The molecule has 0 spiro atoms. The minimum Gasteiger partial charge on any atom is -0.267 e. The van der Waals surface area contributed by atoms with E-state index in [1.54, 1.807) is 30.3 Å². The van der Waals surface area contributed by atoms with Crippen molar-refractivity contribution >= 4 is 39.7 Å². The Hall–Kier alpha value is -1.72. The van der Waals surface area contributed by atoms with E-state index in [0.29, 0.717) is 5.56 Å². The number of benzene rings is 2. The van der Waals surface area contributed by atoms with Crippen molar-refractivity contribution < 1.29 is 9.18 Å². The van der Waals surface area contributed by atoms with E-state index in [1.807, 2.05) is 0 Å². The van der Waals surface area contributed by atoms with Crippen LogP contribution in [0.4, 0.5) is 4.39 Å². The second-order valence-electron chi connectivity index (χ2n) is 3.84. The highest BCUT2D eigenvalue weighted by molar-refractivity contribution is 9.10. The van der Waals surface area contributed by atoms with Crippen LogP contribution in [0.2, 0.25) is 5.02 Å². The number of rotatable bonds is 3. The summed E-state index contributed by atoms with van der Waals surface area (Å²) in [5.41, 5.74) is 2.88. The van der Waals surface area contributed by atoms with E-state index in [-0.39, 0.29) is 10.6 Å². The first-order chi connectivity index (χ1) is 9.58. The van der Waals surface area contributed by atoms with Crippen molar-refractivity contribution in [1.82, 2.24) is 5.43 Å². The van der Waals surface area contributed by atoms with Crippen LogP contribution in [0.15, 0.2) is 52.0 Å². The summed E-state index contributed by atoms with van der Waals surface area (Å²) in [5.74, 6) is -0.895. The Kier molecular flexibility index (Phi) is 4.87. The zero-order chi connectivity index (χ0) is 14.5. The van der Waals surface area contributed by atoms with Gasteiger partial charge in [-0.15, -0.1) is 0 Å². The lowest BCUT2D eigenvalue weighted by atomic mass is 10.2. The molecule has 0 saturated heterocycles. The predicted molar refractivity (Wildman–Crippen MR) is 80.6 cm³/mol. The molecule has 0 saturated carbocycles. The zero-order valence-electron chi connectivity index (χ0n) is 10.1. The monoisotopic (exact) mass is 354 g/mol. The first kappa shape index (κ1) is 14.7. The second-order valence-corrected chi connectivity index (χ2v) is 5.17. The van der Waals surface area contributed by atoms with Crippen LogP contribution in [0.1, 0.15) is 15.9 Å². The molecule has 1 amide bonds. The van der Waals surface area contributed by atoms with Gasteiger partial charge in [0.25, 0.3) is 5.91 Å². The van der Waals surface area contributed by atoms with E-state index in [2.05, 4.69) is 26.5 Å². The standard InChI is InChI=1S/C14H9BrClFN2O/c15-10-4-1-3-9(7-10)14(20)19-18-8-11-12(16)5-2-6-13(11)17/h1-8H,(H,19,20)/b18-8+. The Morgan fingerprint density at radius 3 is 2.75 bits per heavy atom. The molecule has 2 aromatic rings. The predicted octanol–water partition coefficient (Wildman–Crippen LogP) is 4.01. The van der Waals surface area contributed by atoms with E-state index in [1.165, 1.54) is 18.3 Å². The van der Waals surface area contributed by atoms with Gasteiger partial charge in [-0.1, -0.05) is 39.7 Å². The van der Waals surface area contributed by atoms with Gasteiger partial charge in [-0.25, -0.2) is 9.82 Å². The summed E-state index contributed by atoms with van der Waals surface area (Å²) in [4.78, 5) is 11.8. The molecule has 3 nitrogen and oxygen atoms in total. The van der Waals surface area contributed by atoms with E-state index in [4.69, 9.17) is 11.6 Å². The van der Waals surface area contributed by atoms with Crippen molar-refractivity contribution in [1.29, 1.82) is 0 Å². The molecule has 0 aromatic heterocycles. The van der Waals surface area contributed by atoms with Crippen LogP contribution in [0, 0.1) is 5.82 Å². The molecular weight excluding hydrogens is 347 g/mol. The van der Waals surface area contributed by atoms with E-state index >= 15 is 0 Å². The Morgan fingerprint density at radius 2 is 2.05 bits per heavy atom. The average molecular weight is 356 g/mol. The Morgan fingerprint density at radius 1 is 1.30 bits per heavy atom. The van der Waals surface area contributed by atoms with Gasteiger partial charge in [0, 0.05) is 15.6 Å². The van der Waals surface area contributed by atoms with E-state index < -0.39 is 11.7 Å². The third-order valence-electron chi connectivity index (χ3n) is 2.45. The van der Waals surface area contributed by atoms with Crippen molar-refractivity contribution in [3.63, 3.8) is 0 Å². The molecule has 0 aliphatic heterocycles. The van der Waals surface area contributed by atoms with Crippen LogP contribution in [0.25, 0.3) is 0 Å². The molecule has 0 unspecified atom stereocenters. The molecule has 102 valence electrons. The summed E-state index contributed by atoms with van der Waals surface area (Å²) in [6, 6.07) is 11.1. The van der Waals surface area contributed by atoms with Gasteiger partial charge in [0.2, 0.25) is 0 Å². The maximum Gasteiger partial charge on any atom is 0.271 e. The normalized spacial score (nSPS) is 10.8. The molecule has 1 N–H and O–H groups in total. The van der Waals surface area contributed by atoms with Crippen molar-refractivity contribution in [2.24, 2.45) is 5.10 Å². The molecule has 0 atom stereocenters. The van der Waals surface area contributed by atoms with Crippen LogP contribution in [0.5, 0.6) is 0 Å². The highest BCUT2D eigenvalue weighted by Gasteiger charge is 2.06. The lowest BCUT2D eigenvalue weighted by molar-refractivity contribution is 0.0955. The van der Waals surface area contributed by atoms with Gasteiger partial charge in [0.05, 0.1) is 11.2 Å². The molecule has 2 aromatic carbocycles. The second kappa shape index (κ2) is 6.63. The number of hydrazone groups is 1. The van der Waals surface area contributed by atoms with Gasteiger partial charge in [0.15, 0.2) is 0 Å². The fourth-order valence-electron chi connectivity index (χ4n) is 1.48. The van der Waals surface area contributed by atoms with E-state index in [0.717, 1.165) is 4.47 Å². The first-order valence-corrected chi connectivity index (χ1v) is 6.78. The topological polar surface area (TPSA) is 41.5 Å². The number of carbonyl (C=O) groups is 1. The summed E-state index contributed by atoms with van der Waals surface area (Å²) >= 11 is 9.10. The summed E-state index contributed by atoms with van der Waals surface area (Å²) in [6.07, 6.45) is 1.17. The number of nitrogens with one attached hydrogen (secondary N) is 1. The minimum absolute atomic E-state index is 0.128. The molecule has 0 aliphatic carbocycles. The van der Waals surface area contributed by atoms with Gasteiger partial charge >= 0.3 is 0 Å². The van der Waals surface area contributed by atoms with Crippen LogP contribution < -0.4 is 5.43 Å². The quantitative estimate of drug-likeness (QED) is 0.656. The zero-order valence-corrected chi connectivity index (χ0v) is 12.5. The first-order valence-electron chi connectivity index (χ1n) is 5.61. The number of hydrogen-bond acceptors (Lipinski definition) is 2. The highest BCUT2D eigenvalue weighted by atomic mass is 79.9. The van der Waals surface area contributed by atoms with Gasteiger partial charge in [-0.3, -0.25) is 4.79 Å². The Labute approximate surface area is 128 Å². The van der Waals surface area contributed by atoms with Crippen LogP contribution in [-0.2, 0) is 0 Å². The summed E-state index contributed by atoms with van der Waals surface area (Å²) in [5, 5.41) is 3.93. The highest BCUT2D eigenvalue weighted by Crippen LogP contribution is 2.16. The summed E-state index contributed by atoms with van der Waals surface area (Å²) < 4.78 is 14.2. The number of nitrogens with zero attached hydrogens (tertiary/aromatic N) is 1. The molecule has 0 fully saturated rings. The maximum atomic E-state index is 13.5. The van der Waals surface area contributed by atoms with Crippen LogP contribution >= 0.6 is 27.5 Å². The number of carbonyl (C=O) groups excluding carboxylic acids is 1. The van der Waals surface area contributed by atoms with Gasteiger partial charge in [0.1, 0.15) is 5.82 Å². The van der Waals surface area contributed by atoms with Gasteiger partial charge in [-0.05, 0) is 30.3 Å². The number of hydrogen-bond donors (Lipinski definition) is 1. The summed E-state index contributed by atoms with van der Waals surface area (Å²) in [6.45, 7) is 0. The largest absolute Gasteiger partial charge is 0.271 e. The summed E-state index contributed by atoms with van der Waals surface area (Å²) in [7, 11) is 0. The van der Waals surface area contributed by atoms with Crippen LogP contribution in [-0.4, -0.2) is 12.1 Å². The molecule has 0 heterocycles.